The van der Waals surface area contributed by atoms with Gasteiger partial charge < -0.3 is 5.11 Å². The van der Waals surface area contributed by atoms with Crippen molar-refractivity contribution in [2.75, 3.05) is 6.61 Å². The molecule has 112 valence electrons. The van der Waals surface area contributed by atoms with Crippen molar-refractivity contribution >= 4 is 10.9 Å². The summed E-state index contributed by atoms with van der Waals surface area (Å²) in [6.45, 7) is 5.21. The maximum Gasteiger partial charge on any atom is 0.143 e. The lowest BCUT2D eigenvalue weighted by Gasteiger charge is -2.39. The van der Waals surface area contributed by atoms with E-state index in [9.17, 15) is 5.11 Å². The smallest absolute Gasteiger partial charge is 0.143 e. The van der Waals surface area contributed by atoms with Crippen molar-refractivity contribution in [2.45, 2.75) is 51.7 Å². The van der Waals surface area contributed by atoms with Crippen LogP contribution in [-0.4, -0.2) is 38.7 Å². The van der Waals surface area contributed by atoms with Crippen molar-refractivity contribution in [1.29, 1.82) is 0 Å². The van der Waals surface area contributed by atoms with Crippen molar-refractivity contribution in [3.8, 4) is 0 Å². The highest BCUT2D eigenvalue weighted by molar-refractivity contribution is 5.80. The third-order valence-electron chi connectivity index (χ3n) is 4.57. The Labute approximate surface area is 125 Å². The Morgan fingerprint density at radius 3 is 2.86 bits per heavy atom. The fourth-order valence-corrected chi connectivity index (χ4v) is 3.35. The third kappa shape index (κ3) is 2.92. The van der Waals surface area contributed by atoms with Crippen molar-refractivity contribution in [1.82, 2.24) is 14.9 Å². The molecular weight excluding hydrogens is 262 g/mol. The van der Waals surface area contributed by atoms with E-state index < -0.39 is 0 Å². The molecule has 2 heterocycles. The van der Waals surface area contributed by atoms with Gasteiger partial charge in [-0.05, 0) is 32.8 Å². The first-order valence-electron chi connectivity index (χ1n) is 7.78. The highest BCUT2D eigenvalue weighted by Crippen LogP contribution is 2.24. The number of rotatable bonds is 3. The number of aliphatic hydroxyl groups is 1. The van der Waals surface area contributed by atoms with Gasteiger partial charge in [0.1, 0.15) is 5.82 Å². The van der Waals surface area contributed by atoms with Crippen LogP contribution in [0, 0.1) is 6.92 Å². The van der Waals surface area contributed by atoms with Crippen molar-refractivity contribution in [3.63, 3.8) is 0 Å². The fourth-order valence-electron chi connectivity index (χ4n) is 3.35. The van der Waals surface area contributed by atoms with Crippen LogP contribution in [0.15, 0.2) is 24.3 Å². The molecule has 0 bridgehead atoms. The minimum Gasteiger partial charge on any atom is -0.395 e. The lowest BCUT2D eigenvalue weighted by Crippen LogP contribution is -2.46. The number of piperidine rings is 1. The average Bonchev–Trinajstić information content (AvgIpc) is 2.49. The second-order valence-corrected chi connectivity index (χ2v) is 6.03. The Morgan fingerprint density at radius 1 is 1.24 bits per heavy atom. The lowest BCUT2D eigenvalue weighted by atomic mass is 9.97. The zero-order chi connectivity index (χ0) is 14.8. The highest BCUT2D eigenvalue weighted by Gasteiger charge is 2.28. The van der Waals surface area contributed by atoms with Crippen LogP contribution in [0.1, 0.15) is 37.7 Å². The number of para-hydroxylation sites is 1. The molecule has 0 amide bonds. The number of benzene rings is 1. The van der Waals surface area contributed by atoms with E-state index in [-0.39, 0.29) is 12.6 Å². The molecule has 1 aliphatic heterocycles. The molecule has 4 nitrogen and oxygen atoms in total. The van der Waals surface area contributed by atoms with Gasteiger partial charge in [0, 0.05) is 23.2 Å². The Kier molecular flexibility index (Phi) is 4.17. The van der Waals surface area contributed by atoms with Crippen LogP contribution in [0.3, 0.4) is 0 Å². The van der Waals surface area contributed by atoms with Crippen LogP contribution < -0.4 is 0 Å². The average molecular weight is 285 g/mol. The number of fused-ring (bicyclic) bond motifs is 1. The van der Waals surface area contributed by atoms with E-state index in [4.69, 9.17) is 4.98 Å². The maximum absolute atomic E-state index is 9.60. The molecule has 1 aliphatic rings. The molecule has 2 unspecified atom stereocenters. The topological polar surface area (TPSA) is 49.2 Å². The Morgan fingerprint density at radius 2 is 2.05 bits per heavy atom. The molecule has 2 aromatic rings. The fraction of sp³-hybridized carbons (Fsp3) is 0.529. The number of aliphatic hydroxyl groups excluding tert-OH is 1. The van der Waals surface area contributed by atoms with Crippen molar-refractivity contribution < 1.29 is 5.11 Å². The predicted octanol–water partition coefficient (Wildman–Crippen LogP) is 2.67. The summed E-state index contributed by atoms with van der Waals surface area (Å²) in [6.07, 6.45) is 3.44. The van der Waals surface area contributed by atoms with Gasteiger partial charge in [0.05, 0.1) is 18.7 Å². The molecule has 2 atom stereocenters. The van der Waals surface area contributed by atoms with Gasteiger partial charge in [-0.3, -0.25) is 4.90 Å². The summed E-state index contributed by atoms with van der Waals surface area (Å²) < 4.78 is 0. The molecule has 0 saturated carbocycles. The van der Waals surface area contributed by atoms with Gasteiger partial charge >= 0.3 is 0 Å². The molecule has 0 radical (unpaired) electrons. The van der Waals surface area contributed by atoms with E-state index in [1.54, 1.807) is 0 Å². The summed E-state index contributed by atoms with van der Waals surface area (Å²) in [5, 5.41) is 10.7. The second kappa shape index (κ2) is 6.08. The first-order valence-corrected chi connectivity index (χ1v) is 7.78. The number of aryl methyl sites for hydroxylation is 1. The summed E-state index contributed by atoms with van der Waals surface area (Å²) in [6, 6.07) is 8.85. The quantitative estimate of drug-likeness (QED) is 0.942. The Bertz CT molecular complexity index is 628. The largest absolute Gasteiger partial charge is 0.395 e. The predicted molar refractivity (Wildman–Crippen MR) is 84.0 cm³/mol. The van der Waals surface area contributed by atoms with E-state index in [1.165, 1.54) is 12.8 Å². The molecule has 1 N–H and O–H groups in total. The minimum atomic E-state index is 0.219. The Balaban J connectivity index is 1.90. The summed E-state index contributed by atoms with van der Waals surface area (Å²) in [4.78, 5) is 11.7. The molecule has 21 heavy (non-hydrogen) atoms. The van der Waals surface area contributed by atoms with Gasteiger partial charge in [-0.1, -0.05) is 24.6 Å². The summed E-state index contributed by atoms with van der Waals surface area (Å²) in [7, 11) is 0. The first kappa shape index (κ1) is 14.4. The van der Waals surface area contributed by atoms with E-state index in [1.807, 2.05) is 25.1 Å². The summed E-state index contributed by atoms with van der Waals surface area (Å²) in [5.41, 5.74) is 2.03. The lowest BCUT2D eigenvalue weighted by molar-refractivity contribution is 0.0431. The van der Waals surface area contributed by atoms with Crippen LogP contribution in [0.5, 0.6) is 0 Å². The van der Waals surface area contributed by atoms with Gasteiger partial charge in [0.25, 0.3) is 0 Å². The van der Waals surface area contributed by atoms with Crippen LogP contribution in [0.2, 0.25) is 0 Å². The molecule has 1 fully saturated rings. The standard InChI is InChI=1S/C17H23N3O/c1-12-6-5-7-14(11-21)20(12)10-17-18-13(2)15-8-3-4-9-16(15)19-17/h3-4,8-9,12,14,21H,5-7,10-11H2,1-2H3. The van der Waals surface area contributed by atoms with E-state index in [0.717, 1.165) is 35.4 Å². The first-order chi connectivity index (χ1) is 10.2. The molecule has 4 heteroatoms. The maximum atomic E-state index is 9.60. The monoisotopic (exact) mass is 285 g/mol. The number of likely N-dealkylation sites (tertiary alicyclic amines) is 1. The molecule has 3 rings (SSSR count). The number of hydrogen-bond acceptors (Lipinski definition) is 4. The minimum absolute atomic E-state index is 0.219. The normalized spacial score (nSPS) is 23.6. The van der Waals surface area contributed by atoms with Gasteiger partial charge in [-0.25, -0.2) is 9.97 Å². The number of aromatic nitrogens is 2. The Hall–Kier alpha value is -1.52. The summed E-state index contributed by atoms with van der Waals surface area (Å²) >= 11 is 0. The van der Waals surface area contributed by atoms with Gasteiger partial charge in [0.2, 0.25) is 0 Å². The molecule has 0 spiro atoms. The van der Waals surface area contributed by atoms with Crippen molar-refractivity contribution in [2.24, 2.45) is 0 Å². The zero-order valence-corrected chi connectivity index (χ0v) is 12.8. The van der Waals surface area contributed by atoms with Crippen molar-refractivity contribution in [3.05, 3.63) is 35.8 Å². The number of hydrogen-bond donors (Lipinski definition) is 1. The SMILES string of the molecule is Cc1nc(CN2C(C)CCCC2CO)nc2ccccc12. The molecule has 1 saturated heterocycles. The second-order valence-electron chi connectivity index (χ2n) is 6.03. The zero-order valence-electron chi connectivity index (χ0n) is 12.8. The number of nitrogens with zero attached hydrogens (tertiary/aromatic N) is 3. The molecule has 1 aromatic heterocycles. The third-order valence-corrected chi connectivity index (χ3v) is 4.57. The summed E-state index contributed by atoms with van der Waals surface area (Å²) in [5.74, 6) is 0.860. The van der Waals surface area contributed by atoms with Crippen LogP contribution in [0.25, 0.3) is 10.9 Å². The van der Waals surface area contributed by atoms with E-state index in [0.29, 0.717) is 6.04 Å². The molecular formula is C17H23N3O. The van der Waals surface area contributed by atoms with E-state index >= 15 is 0 Å². The van der Waals surface area contributed by atoms with Gasteiger partial charge in [0.15, 0.2) is 0 Å². The van der Waals surface area contributed by atoms with Crippen LogP contribution in [0.4, 0.5) is 0 Å². The van der Waals surface area contributed by atoms with Gasteiger partial charge in [-0.15, -0.1) is 0 Å². The van der Waals surface area contributed by atoms with Crippen LogP contribution in [-0.2, 0) is 6.54 Å². The van der Waals surface area contributed by atoms with Crippen LogP contribution >= 0.6 is 0 Å². The van der Waals surface area contributed by atoms with E-state index in [2.05, 4.69) is 22.9 Å². The molecule has 1 aromatic carbocycles. The molecule has 0 aliphatic carbocycles. The highest BCUT2D eigenvalue weighted by atomic mass is 16.3. The van der Waals surface area contributed by atoms with Gasteiger partial charge in [-0.2, -0.15) is 0 Å².